The second-order valence-electron chi connectivity index (χ2n) is 7.26. The lowest BCUT2D eigenvalue weighted by atomic mass is 10.0. The van der Waals surface area contributed by atoms with Crippen LogP contribution in [-0.2, 0) is 4.74 Å². The quantitative estimate of drug-likeness (QED) is 0.791. The van der Waals surface area contributed by atoms with Gasteiger partial charge in [-0.15, -0.1) is 0 Å². The van der Waals surface area contributed by atoms with Crippen molar-refractivity contribution in [3.05, 3.63) is 0 Å². The summed E-state index contributed by atoms with van der Waals surface area (Å²) in [5.74, 6) is 0. The molecule has 3 N–H and O–H groups in total. The SMILES string of the molecule is CCC1CCCCCN1C(CN)CCNC(=O)OC(C)(C)C. The van der Waals surface area contributed by atoms with Gasteiger partial charge in [0, 0.05) is 25.2 Å². The number of ether oxygens (including phenoxy) is 1. The average Bonchev–Trinajstić information content (AvgIpc) is 2.66. The third-order valence-corrected chi connectivity index (χ3v) is 4.28. The summed E-state index contributed by atoms with van der Waals surface area (Å²) in [5, 5.41) is 2.85. The van der Waals surface area contributed by atoms with Crippen molar-refractivity contribution in [2.75, 3.05) is 19.6 Å². The van der Waals surface area contributed by atoms with Crippen molar-refractivity contribution >= 4 is 6.09 Å². The number of hydrogen-bond donors (Lipinski definition) is 2. The lowest BCUT2D eigenvalue weighted by Gasteiger charge is -2.36. The molecule has 0 aliphatic carbocycles. The molecule has 0 bridgehead atoms. The van der Waals surface area contributed by atoms with Crippen LogP contribution in [0.25, 0.3) is 0 Å². The Balaban J connectivity index is 2.44. The van der Waals surface area contributed by atoms with Crippen molar-refractivity contribution in [3.8, 4) is 0 Å². The Bertz CT molecular complexity index is 328. The molecule has 1 amide bonds. The largest absolute Gasteiger partial charge is 0.444 e. The number of carbonyl (C=O) groups excluding carboxylic acids is 1. The highest BCUT2D eigenvalue weighted by molar-refractivity contribution is 5.67. The Hall–Kier alpha value is -0.810. The van der Waals surface area contributed by atoms with Gasteiger partial charge < -0.3 is 15.8 Å². The summed E-state index contributed by atoms with van der Waals surface area (Å²) >= 11 is 0. The third kappa shape index (κ3) is 6.97. The topological polar surface area (TPSA) is 67.6 Å². The lowest BCUT2D eigenvalue weighted by molar-refractivity contribution is 0.0518. The molecule has 5 nitrogen and oxygen atoms in total. The second kappa shape index (κ2) is 9.36. The van der Waals surface area contributed by atoms with Gasteiger partial charge in [-0.2, -0.15) is 0 Å². The van der Waals surface area contributed by atoms with Crippen molar-refractivity contribution in [1.82, 2.24) is 10.2 Å². The van der Waals surface area contributed by atoms with Gasteiger partial charge >= 0.3 is 6.09 Å². The summed E-state index contributed by atoms with van der Waals surface area (Å²) in [6.45, 7) is 10.3. The zero-order valence-electron chi connectivity index (χ0n) is 14.9. The Kier molecular flexibility index (Phi) is 8.18. The monoisotopic (exact) mass is 313 g/mol. The number of carbonyl (C=O) groups is 1. The maximum atomic E-state index is 11.7. The molecule has 1 saturated heterocycles. The van der Waals surface area contributed by atoms with E-state index in [2.05, 4.69) is 17.1 Å². The Morgan fingerprint density at radius 2 is 2.09 bits per heavy atom. The molecule has 130 valence electrons. The molecule has 1 rings (SSSR count). The molecule has 0 aromatic rings. The van der Waals surface area contributed by atoms with Gasteiger partial charge in [0.2, 0.25) is 0 Å². The summed E-state index contributed by atoms with van der Waals surface area (Å²) in [6, 6.07) is 0.982. The van der Waals surface area contributed by atoms with Gasteiger partial charge in [0.15, 0.2) is 0 Å². The predicted octanol–water partition coefficient (Wildman–Crippen LogP) is 2.88. The molecule has 0 spiro atoms. The van der Waals surface area contributed by atoms with E-state index in [9.17, 15) is 4.79 Å². The first-order chi connectivity index (χ1) is 10.4. The van der Waals surface area contributed by atoms with Crippen LogP contribution in [0.4, 0.5) is 4.79 Å². The second-order valence-corrected chi connectivity index (χ2v) is 7.26. The van der Waals surface area contributed by atoms with Crippen molar-refractivity contribution in [1.29, 1.82) is 0 Å². The van der Waals surface area contributed by atoms with E-state index in [0.717, 1.165) is 13.0 Å². The van der Waals surface area contributed by atoms with Gasteiger partial charge in [0.1, 0.15) is 5.60 Å². The number of nitrogens with one attached hydrogen (secondary N) is 1. The molecular formula is C17H35N3O2. The van der Waals surface area contributed by atoms with Crippen LogP contribution in [0, 0.1) is 0 Å². The highest BCUT2D eigenvalue weighted by Gasteiger charge is 2.26. The van der Waals surface area contributed by atoms with Crippen LogP contribution < -0.4 is 11.1 Å². The summed E-state index contributed by atoms with van der Waals surface area (Å²) < 4.78 is 5.27. The molecular weight excluding hydrogens is 278 g/mol. The van der Waals surface area contributed by atoms with Crippen LogP contribution in [0.5, 0.6) is 0 Å². The number of hydrogen-bond acceptors (Lipinski definition) is 4. The van der Waals surface area contributed by atoms with Crippen LogP contribution in [0.2, 0.25) is 0 Å². The van der Waals surface area contributed by atoms with E-state index in [0.29, 0.717) is 25.2 Å². The maximum absolute atomic E-state index is 11.7. The number of rotatable bonds is 6. The molecule has 1 heterocycles. The van der Waals surface area contributed by atoms with E-state index in [-0.39, 0.29) is 6.09 Å². The number of amides is 1. The molecule has 2 atom stereocenters. The fourth-order valence-electron chi connectivity index (χ4n) is 3.19. The highest BCUT2D eigenvalue weighted by Crippen LogP contribution is 2.22. The Labute approximate surface area is 135 Å². The number of likely N-dealkylation sites (tertiary alicyclic amines) is 1. The molecule has 2 unspecified atom stereocenters. The zero-order valence-corrected chi connectivity index (χ0v) is 14.9. The smallest absolute Gasteiger partial charge is 0.407 e. The molecule has 0 aromatic carbocycles. The molecule has 0 radical (unpaired) electrons. The Morgan fingerprint density at radius 3 is 2.68 bits per heavy atom. The van der Waals surface area contributed by atoms with Crippen molar-refractivity contribution in [2.45, 2.75) is 83.9 Å². The fourth-order valence-corrected chi connectivity index (χ4v) is 3.19. The molecule has 5 heteroatoms. The molecule has 1 aliphatic heterocycles. The van der Waals surface area contributed by atoms with Gasteiger partial charge in [-0.1, -0.05) is 19.8 Å². The van der Waals surface area contributed by atoms with Gasteiger partial charge in [0.05, 0.1) is 0 Å². The van der Waals surface area contributed by atoms with Crippen molar-refractivity contribution in [3.63, 3.8) is 0 Å². The van der Waals surface area contributed by atoms with Crippen LogP contribution in [0.15, 0.2) is 0 Å². The maximum Gasteiger partial charge on any atom is 0.407 e. The van der Waals surface area contributed by atoms with Crippen LogP contribution in [0.3, 0.4) is 0 Å². The summed E-state index contributed by atoms with van der Waals surface area (Å²) in [6.07, 6.45) is 6.88. The molecule has 1 aliphatic rings. The van der Waals surface area contributed by atoms with Gasteiger partial charge in [-0.3, -0.25) is 4.90 Å². The average molecular weight is 313 g/mol. The number of nitrogens with zero attached hydrogens (tertiary/aromatic N) is 1. The Morgan fingerprint density at radius 1 is 1.36 bits per heavy atom. The minimum Gasteiger partial charge on any atom is -0.444 e. The van der Waals surface area contributed by atoms with E-state index in [1.165, 1.54) is 32.1 Å². The van der Waals surface area contributed by atoms with Gasteiger partial charge in [-0.05, 0) is 53.0 Å². The van der Waals surface area contributed by atoms with E-state index in [4.69, 9.17) is 10.5 Å². The van der Waals surface area contributed by atoms with Crippen molar-refractivity contribution in [2.24, 2.45) is 5.73 Å². The third-order valence-electron chi connectivity index (χ3n) is 4.28. The fraction of sp³-hybridized carbons (Fsp3) is 0.941. The van der Waals surface area contributed by atoms with Crippen LogP contribution in [0.1, 0.15) is 66.2 Å². The normalized spacial score (nSPS) is 22.0. The number of alkyl carbamates (subject to hydrolysis) is 1. The molecule has 22 heavy (non-hydrogen) atoms. The van der Waals surface area contributed by atoms with Crippen molar-refractivity contribution < 1.29 is 9.53 Å². The first kappa shape index (κ1) is 19.2. The lowest BCUT2D eigenvalue weighted by Crippen LogP contribution is -2.48. The standard InChI is InChI=1S/C17H35N3O2/c1-5-14-9-7-6-8-12-20(14)15(13-18)10-11-19-16(21)22-17(2,3)4/h14-15H,5-13,18H2,1-4H3,(H,19,21). The minimum atomic E-state index is -0.449. The summed E-state index contributed by atoms with van der Waals surface area (Å²) in [5.41, 5.74) is 5.56. The minimum absolute atomic E-state index is 0.342. The van der Waals surface area contributed by atoms with Crippen LogP contribution in [-0.4, -0.2) is 48.3 Å². The van der Waals surface area contributed by atoms with E-state index >= 15 is 0 Å². The van der Waals surface area contributed by atoms with E-state index < -0.39 is 5.60 Å². The number of nitrogens with two attached hydrogens (primary N) is 1. The predicted molar refractivity (Wildman–Crippen MR) is 90.9 cm³/mol. The van der Waals surface area contributed by atoms with Gasteiger partial charge in [-0.25, -0.2) is 4.79 Å². The molecule has 0 saturated carbocycles. The van der Waals surface area contributed by atoms with Gasteiger partial charge in [0.25, 0.3) is 0 Å². The van der Waals surface area contributed by atoms with Crippen LogP contribution >= 0.6 is 0 Å². The van der Waals surface area contributed by atoms with E-state index in [1.54, 1.807) is 0 Å². The van der Waals surface area contributed by atoms with E-state index in [1.807, 2.05) is 20.8 Å². The highest BCUT2D eigenvalue weighted by atomic mass is 16.6. The molecule has 1 fully saturated rings. The summed E-state index contributed by atoms with van der Waals surface area (Å²) in [4.78, 5) is 14.3. The molecule has 0 aromatic heterocycles. The first-order valence-corrected chi connectivity index (χ1v) is 8.80. The first-order valence-electron chi connectivity index (χ1n) is 8.80. The zero-order chi connectivity index (χ0) is 16.6. The summed E-state index contributed by atoms with van der Waals surface area (Å²) in [7, 11) is 0.